The molecule has 1 aliphatic heterocycles. The van der Waals surface area contributed by atoms with Crippen LogP contribution in [0.15, 0.2) is 48.5 Å². The fraction of sp³-hybridized carbons (Fsp3) is 0.250. The van der Waals surface area contributed by atoms with E-state index in [1.807, 2.05) is 19.1 Å². The Balaban J connectivity index is 1.58. The van der Waals surface area contributed by atoms with Gasteiger partial charge < -0.3 is 5.32 Å². The highest BCUT2D eigenvalue weighted by atomic mass is 35.5. The summed E-state index contributed by atoms with van der Waals surface area (Å²) in [6.45, 7) is 1.94. The van der Waals surface area contributed by atoms with Crippen LogP contribution in [0.1, 0.15) is 40.9 Å². The highest BCUT2D eigenvalue weighted by molar-refractivity contribution is 6.30. The molecule has 0 aromatic heterocycles. The molecule has 1 atom stereocenters. The monoisotopic (exact) mass is 370 g/mol. The molecule has 6 heteroatoms. The van der Waals surface area contributed by atoms with E-state index in [0.717, 1.165) is 16.0 Å². The fourth-order valence-corrected chi connectivity index (χ4v) is 3.11. The van der Waals surface area contributed by atoms with Crippen LogP contribution >= 0.6 is 11.6 Å². The van der Waals surface area contributed by atoms with Gasteiger partial charge >= 0.3 is 0 Å². The number of halogens is 1. The molecule has 0 spiro atoms. The number of nitrogens with zero attached hydrogens (tertiary/aromatic N) is 1. The summed E-state index contributed by atoms with van der Waals surface area (Å²) in [4.78, 5) is 38.1. The molecule has 3 amide bonds. The van der Waals surface area contributed by atoms with Crippen LogP contribution in [-0.4, -0.2) is 29.2 Å². The van der Waals surface area contributed by atoms with Gasteiger partial charge in [0.25, 0.3) is 5.91 Å². The lowest BCUT2D eigenvalue weighted by Crippen LogP contribution is -2.44. The van der Waals surface area contributed by atoms with Gasteiger partial charge in [-0.15, -0.1) is 0 Å². The second-order valence-electron chi connectivity index (χ2n) is 6.28. The van der Waals surface area contributed by atoms with Crippen LogP contribution in [0.2, 0.25) is 5.02 Å². The van der Waals surface area contributed by atoms with E-state index in [0.29, 0.717) is 10.6 Å². The molecule has 5 nitrogen and oxygen atoms in total. The Bertz CT molecular complexity index is 848. The summed E-state index contributed by atoms with van der Waals surface area (Å²) >= 11 is 5.86. The van der Waals surface area contributed by atoms with Crippen LogP contribution in [0.5, 0.6) is 0 Å². The Morgan fingerprint density at radius 3 is 2.58 bits per heavy atom. The van der Waals surface area contributed by atoms with E-state index in [1.54, 1.807) is 36.4 Å². The molecule has 1 heterocycles. The number of hydrogen-bond acceptors (Lipinski definition) is 3. The molecule has 0 radical (unpaired) electrons. The molecule has 2 aromatic carbocycles. The molecule has 1 aliphatic rings. The summed E-state index contributed by atoms with van der Waals surface area (Å²) in [5.41, 5.74) is 2.20. The maximum absolute atomic E-state index is 12.5. The first kappa shape index (κ1) is 18.1. The maximum Gasteiger partial charge on any atom is 0.260 e. The Morgan fingerprint density at radius 1 is 1.15 bits per heavy atom. The van der Waals surface area contributed by atoms with Gasteiger partial charge in [0, 0.05) is 23.6 Å². The number of hydrogen-bond donors (Lipinski definition) is 1. The molecule has 2 aromatic rings. The normalized spacial score (nSPS) is 14.8. The predicted octanol–water partition coefficient (Wildman–Crippen LogP) is 3.13. The van der Waals surface area contributed by atoms with Crippen molar-refractivity contribution in [3.8, 4) is 0 Å². The number of benzene rings is 2. The molecule has 1 N–H and O–H groups in total. The molecule has 3 rings (SSSR count). The number of rotatable bonds is 5. The quantitative estimate of drug-likeness (QED) is 0.822. The standard InChI is InChI=1S/C20H19ClN2O3/c1-13(14-6-8-16(21)9-7-14)22-18(24)10-11-23-19(25)12-15-4-2-3-5-17(15)20(23)26/h2-9,13H,10-12H2,1H3,(H,22,24)/t13-/m0/s1. The molecule has 134 valence electrons. The third-order valence-electron chi connectivity index (χ3n) is 4.45. The molecular formula is C20H19ClN2O3. The van der Waals surface area contributed by atoms with E-state index in [4.69, 9.17) is 11.6 Å². The first-order chi connectivity index (χ1) is 12.5. The van der Waals surface area contributed by atoms with Crippen LogP contribution in [0, 0.1) is 0 Å². The molecule has 0 unspecified atom stereocenters. The van der Waals surface area contributed by atoms with Crippen LogP contribution in [0.4, 0.5) is 0 Å². The number of imide groups is 1. The third-order valence-corrected chi connectivity index (χ3v) is 4.70. The summed E-state index contributed by atoms with van der Waals surface area (Å²) in [6, 6.07) is 14.1. The van der Waals surface area contributed by atoms with Crippen molar-refractivity contribution in [2.24, 2.45) is 0 Å². The summed E-state index contributed by atoms with van der Waals surface area (Å²) in [7, 11) is 0. The first-order valence-corrected chi connectivity index (χ1v) is 8.81. The average molecular weight is 371 g/mol. The zero-order valence-electron chi connectivity index (χ0n) is 14.4. The molecule has 0 saturated carbocycles. The lowest BCUT2D eigenvalue weighted by atomic mass is 9.98. The minimum Gasteiger partial charge on any atom is -0.350 e. The average Bonchev–Trinajstić information content (AvgIpc) is 2.62. The number of carbonyl (C=O) groups excluding carboxylic acids is 3. The zero-order valence-corrected chi connectivity index (χ0v) is 15.1. The van der Waals surface area contributed by atoms with Gasteiger partial charge in [0.15, 0.2) is 0 Å². The lowest BCUT2D eigenvalue weighted by Gasteiger charge is -2.26. The third kappa shape index (κ3) is 3.94. The topological polar surface area (TPSA) is 66.5 Å². The van der Waals surface area contributed by atoms with Crippen molar-refractivity contribution in [3.05, 3.63) is 70.2 Å². The van der Waals surface area contributed by atoms with Gasteiger partial charge in [0.1, 0.15) is 0 Å². The fourth-order valence-electron chi connectivity index (χ4n) is 2.99. The van der Waals surface area contributed by atoms with Gasteiger partial charge in [0.2, 0.25) is 11.8 Å². The van der Waals surface area contributed by atoms with Crippen molar-refractivity contribution >= 4 is 29.3 Å². The largest absolute Gasteiger partial charge is 0.350 e. The van der Waals surface area contributed by atoms with E-state index in [9.17, 15) is 14.4 Å². The van der Waals surface area contributed by atoms with Gasteiger partial charge in [-0.3, -0.25) is 19.3 Å². The van der Waals surface area contributed by atoms with Crippen LogP contribution < -0.4 is 5.32 Å². The number of nitrogens with one attached hydrogen (secondary N) is 1. The Kier molecular flexibility index (Phi) is 5.38. The van der Waals surface area contributed by atoms with Gasteiger partial charge in [-0.1, -0.05) is 41.9 Å². The number of carbonyl (C=O) groups is 3. The Morgan fingerprint density at radius 2 is 1.85 bits per heavy atom. The van der Waals surface area contributed by atoms with E-state index in [-0.39, 0.29) is 43.1 Å². The minimum absolute atomic E-state index is 0.0670. The summed E-state index contributed by atoms with van der Waals surface area (Å²) in [5.74, 6) is -0.824. The minimum atomic E-state index is -0.338. The van der Waals surface area contributed by atoms with E-state index in [1.165, 1.54) is 0 Å². The van der Waals surface area contributed by atoms with Gasteiger partial charge in [-0.25, -0.2) is 0 Å². The summed E-state index contributed by atoms with van der Waals surface area (Å²) in [6.07, 6.45) is 0.252. The number of fused-ring (bicyclic) bond motifs is 1. The zero-order chi connectivity index (χ0) is 18.7. The molecular weight excluding hydrogens is 352 g/mol. The molecule has 0 bridgehead atoms. The highest BCUT2D eigenvalue weighted by Crippen LogP contribution is 2.20. The molecule has 0 saturated heterocycles. The van der Waals surface area contributed by atoms with Crippen LogP contribution in [-0.2, 0) is 16.0 Å². The van der Waals surface area contributed by atoms with E-state index in [2.05, 4.69) is 5.32 Å². The molecule has 26 heavy (non-hydrogen) atoms. The van der Waals surface area contributed by atoms with Crippen LogP contribution in [0.25, 0.3) is 0 Å². The molecule has 0 aliphatic carbocycles. The lowest BCUT2D eigenvalue weighted by molar-refractivity contribution is -0.129. The van der Waals surface area contributed by atoms with Crippen molar-refractivity contribution in [1.82, 2.24) is 10.2 Å². The smallest absolute Gasteiger partial charge is 0.260 e. The first-order valence-electron chi connectivity index (χ1n) is 8.43. The van der Waals surface area contributed by atoms with Crippen molar-refractivity contribution in [3.63, 3.8) is 0 Å². The Hall–Kier alpha value is -2.66. The Labute approximate surface area is 156 Å². The predicted molar refractivity (Wildman–Crippen MR) is 98.8 cm³/mol. The summed E-state index contributed by atoms with van der Waals surface area (Å²) in [5, 5.41) is 3.51. The van der Waals surface area contributed by atoms with Crippen molar-refractivity contribution in [2.45, 2.75) is 25.8 Å². The second-order valence-corrected chi connectivity index (χ2v) is 6.71. The van der Waals surface area contributed by atoms with Crippen molar-refractivity contribution in [1.29, 1.82) is 0 Å². The second kappa shape index (κ2) is 7.70. The van der Waals surface area contributed by atoms with Crippen LogP contribution in [0.3, 0.4) is 0 Å². The van der Waals surface area contributed by atoms with E-state index < -0.39 is 0 Å². The van der Waals surface area contributed by atoms with Crippen molar-refractivity contribution < 1.29 is 14.4 Å². The van der Waals surface area contributed by atoms with Gasteiger partial charge in [-0.05, 0) is 36.2 Å². The van der Waals surface area contributed by atoms with Crippen molar-refractivity contribution in [2.75, 3.05) is 6.54 Å². The molecule has 0 fully saturated rings. The SMILES string of the molecule is C[C@H](NC(=O)CCN1C(=O)Cc2ccccc2C1=O)c1ccc(Cl)cc1. The maximum atomic E-state index is 12.5. The van der Waals surface area contributed by atoms with E-state index >= 15 is 0 Å². The van der Waals surface area contributed by atoms with Gasteiger partial charge in [0.05, 0.1) is 12.5 Å². The summed E-state index contributed by atoms with van der Waals surface area (Å²) < 4.78 is 0. The highest BCUT2D eigenvalue weighted by Gasteiger charge is 2.30. The number of amides is 3. The van der Waals surface area contributed by atoms with Gasteiger partial charge in [-0.2, -0.15) is 0 Å².